The van der Waals surface area contributed by atoms with Crippen LogP contribution in [0.3, 0.4) is 0 Å². The molecule has 1 aliphatic carbocycles. The molecule has 1 aliphatic rings. The van der Waals surface area contributed by atoms with Crippen LogP contribution in [0.25, 0.3) is 0 Å². The van der Waals surface area contributed by atoms with Gasteiger partial charge in [0.25, 0.3) is 0 Å². The average molecular weight is 294 g/mol. The number of carbonyl (C=O) groups excluding carboxylic acids is 1. The number of nitrogens with one attached hydrogen (secondary N) is 2. The Morgan fingerprint density at radius 3 is 2.90 bits per heavy atom. The van der Waals surface area contributed by atoms with Crippen molar-refractivity contribution < 1.29 is 14.7 Å². The summed E-state index contributed by atoms with van der Waals surface area (Å²) in [6.07, 6.45) is 5.34. The van der Waals surface area contributed by atoms with Crippen LogP contribution in [0.4, 0.5) is 10.5 Å². The molecule has 0 bridgehead atoms. The molecule has 21 heavy (non-hydrogen) atoms. The normalized spacial score (nSPS) is 21.8. The molecule has 1 saturated carbocycles. The molecule has 116 valence electrons. The minimum atomic E-state index is -0.776. The van der Waals surface area contributed by atoms with Gasteiger partial charge in [-0.1, -0.05) is 13.3 Å². The van der Waals surface area contributed by atoms with E-state index >= 15 is 0 Å². The maximum absolute atomic E-state index is 12.0. The second kappa shape index (κ2) is 6.60. The van der Waals surface area contributed by atoms with Gasteiger partial charge in [-0.3, -0.25) is 9.48 Å². The van der Waals surface area contributed by atoms with E-state index in [4.69, 9.17) is 5.11 Å². The molecule has 1 aromatic heterocycles. The third-order valence-electron chi connectivity index (χ3n) is 3.85. The number of aryl methyl sites for hydroxylation is 2. The van der Waals surface area contributed by atoms with Crippen molar-refractivity contribution in [1.29, 1.82) is 0 Å². The molecule has 0 aromatic carbocycles. The van der Waals surface area contributed by atoms with Crippen molar-refractivity contribution in [3.8, 4) is 0 Å². The predicted molar refractivity (Wildman–Crippen MR) is 78.1 cm³/mol. The zero-order chi connectivity index (χ0) is 15.4. The zero-order valence-electron chi connectivity index (χ0n) is 12.4. The summed E-state index contributed by atoms with van der Waals surface area (Å²) in [6, 6.07) is -0.379. The number of aromatic nitrogens is 2. The summed E-state index contributed by atoms with van der Waals surface area (Å²) in [5, 5.41) is 19.0. The van der Waals surface area contributed by atoms with E-state index in [9.17, 15) is 9.59 Å². The molecular weight excluding hydrogens is 272 g/mol. The summed E-state index contributed by atoms with van der Waals surface area (Å²) in [4.78, 5) is 23.1. The van der Waals surface area contributed by atoms with Gasteiger partial charge in [0.2, 0.25) is 0 Å². The van der Waals surface area contributed by atoms with Gasteiger partial charge in [0.05, 0.1) is 17.3 Å². The van der Waals surface area contributed by atoms with Crippen molar-refractivity contribution in [3.63, 3.8) is 0 Å². The lowest BCUT2D eigenvalue weighted by atomic mass is 9.86. The van der Waals surface area contributed by atoms with Crippen LogP contribution in [0.15, 0.2) is 6.20 Å². The smallest absolute Gasteiger partial charge is 0.319 e. The zero-order valence-corrected chi connectivity index (χ0v) is 12.4. The van der Waals surface area contributed by atoms with Gasteiger partial charge in [0.15, 0.2) is 0 Å². The summed E-state index contributed by atoms with van der Waals surface area (Å²) in [5.74, 6) is -1.13. The topological polar surface area (TPSA) is 96.3 Å². The van der Waals surface area contributed by atoms with E-state index in [-0.39, 0.29) is 18.0 Å². The second-order valence-corrected chi connectivity index (χ2v) is 5.51. The molecule has 1 aromatic rings. The van der Waals surface area contributed by atoms with Gasteiger partial charge in [-0.25, -0.2) is 4.79 Å². The fraction of sp³-hybridized carbons (Fsp3) is 0.643. The Balaban J connectivity index is 1.90. The monoisotopic (exact) mass is 294 g/mol. The molecule has 0 aliphatic heterocycles. The summed E-state index contributed by atoms with van der Waals surface area (Å²) >= 11 is 0. The Kier molecular flexibility index (Phi) is 4.82. The Morgan fingerprint density at radius 1 is 1.48 bits per heavy atom. The Morgan fingerprint density at radius 2 is 2.24 bits per heavy atom. The van der Waals surface area contributed by atoms with Gasteiger partial charge >= 0.3 is 12.0 Å². The van der Waals surface area contributed by atoms with Crippen LogP contribution >= 0.6 is 0 Å². The molecule has 2 rings (SSSR count). The number of anilines is 1. The van der Waals surface area contributed by atoms with Crippen LogP contribution in [-0.2, 0) is 18.3 Å². The van der Waals surface area contributed by atoms with Crippen molar-refractivity contribution in [2.45, 2.75) is 45.1 Å². The van der Waals surface area contributed by atoms with Gasteiger partial charge in [-0.2, -0.15) is 5.10 Å². The molecule has 1 heterocycles. The first-order valence-electron chi connectivity index (χ1n) is 7.32. The quantitative estimate of drug-likeness (QED) is 0.788. The minimum absolute atomic E-state index is 0.0819. The largest absolute Gasteiger partial charge is 0.481 e. The molecule has 0 radical (unpaired) electrons. The number of carboxylic acid groups (broad SMARTS) is 1. The van der Waals surface area contributed by atoms with Crippen LogP contribution in [0.5, 0.6) is 0 Å². The number of hydrogen-bond acceptors (Lipinski definition) is 3. The predicted octanol–water partition coefficient (Wildman–Crippen LogP) is 1.75. The number of amides is 2. The minimum Gasteiger partial charge on any atom is -0.481 e. The molecule has 2 atom stereocenters. The van der Waals surface area contributed by atoms with Crippen molar-refractivity contribution in [3.05, 3.63) is 11.9 Å². The molecular formula is C14H22N4O3. The molecule has 3 N–H and O–H groups in total. The van der Waals surface area contributed by atoms with E-state index < -0.39 is 5.97 Å². The van der Waals surface area contributed by atoms with Crippen molar-refractivity contribution in [1.82, 2.24) is 15.1 Å². The highest BCUT2D eigenvalue weighted by atomic mass is 16.4. The lowest BCUT2D eigenvalue weighted by Gasteiger charge is -2.27. The summed E-state index contributed by atoms with van der Waals surface area (Å²) in [7, 11) is 1.81. The van der Waals surface area contributed by atoms with E-state index in [0.717, 1.165) is 25.0 Å². The first kappa shape index (κ1) is 15.3. The maximum Gasteiger partial charge on any atom is 0.319 e. The lowest BCUT2D eigenvalue weighted by Crippen LogP contribution is -2.42. The molecule has 0 saturated heterocycles. The fourth-order valence-corrected chi connectivity index (χ4v) is 2.79. The number of nitrogens with zero attached hydrogens (tertiary/aromatic N) is 2. The van der Waals surface area contributed by atoms with E-state index in [0.29, 0.717) is 18.5 Å². The second-order valence-electron chi connectivity index (χ2n) is 5.51. The standard InChI is InChI=1S/C14H22N4O3/c1-3-11-12(8-18(2)17-11)16-14(21)15-10-6-4-5-9(7-10)13(19)20/h8-10H,3-7H2,1-2H3,(H,19,20)(H2,15,16,21). The van der Waals surface area contributed by atoms with Crippen molar-refractivity contribution in [2.24, 2.45) is 13.0 Å². The van der Waals surface area contributed by atoms with Gasteiger partial charge < -0.3 is 15.7 Å². The number of aliphatic carboxylic acids is 1. The third-order valence-corrected chi connectivity index (χ3v) is 3.85. The Hall–Kier alpha value is -2.05. The summed E-state index contributed by atoms with van der Waals surface area (Å²) < 4.78 is 1.66. The molecule has 2 amide bonds. The van der Waals surface area contributed by atoms with Crippen LogP contribution in [0.1, 0.15) is 38.3 Å². The van der Waals surface area contributed by atoms with Gasteiger partial charge in [0, 0.05) is 19.3 Å². The van der Waals surface area contributed by atoms with E-state index in [1.807, 2.05) is 6.92 Å². The van der Waals surface area contributed by atoms with Crippen molar-refractivity contribution in [2.75, 3.05) is 5.32 Å². The molecule has 1 fully saturated rings. The number of carbonyl (C=O) groups is 2. The van der Waals surface area contributed by atoms with Crippen molar-refractivity contribution >= 4 is 17.7 Å². The third kappa shape index (κ3) is 3.96. The molecule has 0 spiro atoms. The SMILES string of the molecule is CCc1nn(C)cc1NC(=O)NC1CCCC(C(=O)O)C1. The number of hydrogen-bond donors (Lipinski definition) is 3. The van der Waals surface area contributed by atoms with E-state index in [1.54, 1.807) is 17.9 Å². The lowest BCUT2D eigenvalue weighted by molar-refractivity contribution is -0.143. The molecule has 2 unspecified atom stereocenters. The van der Waals surface area contributed by atoms with Gasteiger partial charge in [0.1, 0.15) is 0 Å². The van der Waals surface area contributed by atoms with Gasteiger partial charge in [-0.05, 0) is 25.7 Å². The van der Waals surface area contributed by atoms with E-state index in [1.165, 1.54) is 0 Å². The number of carboxylic acids is 1. The number of urea groups is 1. The van der Waals surface area contributed by atoms with E-state index in [2.05, 4.69) is 15.7 Å². The first-order chi connectivity index (χ1) is 9.99. The van der Waals surface area contributed by atoms with Gasteiger partial charge in [-0.15, -0.1) is 0 Å². The highest BCUT2D eigenvalue weighted by Crippen LogP contribution is 2.24. The Labute approximate surface area is 123 Å². The maximum atomic E-state index is 12.0. The van der Waals surface area contributed by atoms with Crippen LogP contribution in [0.2, 0.25) is 0 Å². The highest BCUT2D eigenvalue weighted by molar-refractivity contribution is 5.90. The summed E-state index contributed by atoms with van der Waals surface area (Å²) in [6.45, 7) is 1.98. The van der Waals surface area contributed by atoms with Crippen LogP contribution in [-0.4, -0.2) is 32.9 Å². The van der Waals surface area contributed by atoms with Crippen LogP contribution in [0, 0.1) is 5.92 Å². The fourth-order valence-electron chi connectivity index (χ4n) is 2.79. The highest BCUT2D eigenvalue weighted by Gasteiger charge is 2.27. The molecule has 7 nitrogen and oxygen atoms in total. The average Bonchev–Trinajstić information content (AvgIpc) is 2.78. The van der Waals surface area contributed by atoms with Crippen LogP contribution < -0.4 is 10.6 Å². The molecule has 7 heteroatoms. The number of rotatable bonds is 4. The Bertz CT molecular complexity index is 526. The summed E-state index contributed by atoms with van der Waals surface area (Å²) in [5.41, 5.74) is 1.53. The first-order valence-corrected chi connectivity index (χ1v) is 7.32.